The van der Waals surface area contributed by atoms with Gasteiger partial charge in [-0.2, -0.15) is 0 Å². The number of rotatable bonds is 3. The Morgan fingerprint density at radius 1 is 1.36 bits per heavy atom. The summed E-state index contributed by atoms with van der Waals surface area (Å²) in [5.74, 6) is -0.488. The molecule has 0 N–H and O–H groups in total. The van der Waals surface area contributed by atoms with Gasteiger partial charge in [-0.3, -0.25) is 14.2 Å². The Morgan fingerprint density at radius 2 is 2.09 bits per heavy atom. The van der Waals surface area contributed by atoms with E-state index < -0.39 is 5.97 Å². The molecule has 0 aliphatic rings. The Bertz CT molecular complexity index is 899. The van der Waals surface area contributed by atoms with Crippen molar-refractivity contribution in [1.29, 1.82) is 0 Å². The van der Waals surface area contributed by atoms with Gasteiger partial charge in [0.1, 0.15) is 11.2 Å². The number of thiophene rings is 1. The Balaban J connectivity index is 2.06. The van der Waals surface area contributed by atoms with E-state index in [1.165, 1.54) is 29.3 Å². The van der Waals surface area contributed by atoms with E-state index in [0.717, 1.165) is 10.4 Å². The lowest BCUT2D eigenvalue weighted by Crippen LogP contribution is -2.24. The molecular weight excluding hydrogens is 324 g/mol. The second-order valence-electron chi connectivity index (χ2n) is 4.59. The van der Waals surface area contributed by atoms with Gasteiger partial charge in [0.2, 0.25) is 0 Å². The molecule has 0 saturated heterocycles. The molecule has 2 aromatic heterocycles. The van der Waals surface area contributed by atoms with E-state index in [0.29, 0.717) is 15.2 Å². The van der Waals surface area contributed by atoms with Crippen molar-refractivity contribution in [3.05, 3.63) is 52.0 Å². The predicted octanol–water partition coefficient (Wildman–Crippen LogP) is 2.95. The normalized spacial score (nSPS) is 10.8. The number of benzene rings is 1. The monoisotopic (exact) mass is 334 g/mol. The summed E-state index contributed by atoms with van der Waals surface area (Å²) in [5.41, 5.74) is 1.33. The molecule has 3 rings (SSSR count). The van der Waals surface area contributed by atoms with Gasteiger partial charge in [0.05, 0.1) is 19.0 Å². The van der Waals surface area contributed by atoms with E-state index in [1.807, 2.05) is 18.2 Å². The summed E-state index contributed by atoms with van der Waals surface area (Å²) in [4.78, 5) is 28.8. The van der Waals surface area contributed by atoms with Gasteiger partial charge in [0, 0.05) is 9.90 Å². The Morgan fingerprint density at radius 3 is 2.77 bits per heavy atom. The first kappa shape index (κ1) is 14.7. The summed E-state index contributed by atoms with van der Waals surface area (Å²) in [6.45, 7) is -0.146. The third-order valence-corrected chi connectivity index (χ3v) is 4.57. The second-order valence-corrected chi connectivity index (χ2v) is 6.07. The van der Waals surface area contributed by atoms with E-state index in [-0.39, 0.29) is 12.1 Å². The Labute approximate surface area is 134 Å². The zero-order valence-electron chi connectivity index (χ0n) is 11.6. The van der Waals surface area contributed by atoms with Gasteiger partial charge in [0.15, 0.2) is 0 Å². The van der Waals surface area contributed by atoms with Crippen molar-refractivity contribution in [3.8, 4) is 10.4 Å². The summed E-state index contributed by atoms with van der Waals surface area (Å²) < 4.78 is 6.33. The predicted molar refractivity (Wildman–Crippen MR) is 86.3 cm³/mol. The minimum Gasteiger partial charge on any atom is -0.468 e. The maximum absolute atomic E-state index is 12.4. The van der Waals surface area contributed by atoms with Gasteiger partial charge in [0.25, 0.3) is 5.56 Å². The number of halogens is 1. The summed E-state index contributed by atoms with van der Waals surface area (Å²) >= 11 is 7.22. The third kappa shape index (κ3) is 2.75. The van der Waals surface area contributed by atoms with Crippen LogP contribution in [-0.4, -0.2) is 22.6 Å². The molecule has 0 saturated carbocycles. The Hall–Kier alpha value is -2.18. The number of nitrogens with zero attached hydrogens (tertiary/aromatic N) is 2. The van der Waals surface area contributed by atoms with Gasteiger partial charge in [-0.15, -0.1) is 11.3 Å². The molecule has 0 fully saturated rings. The number of hydrogen-bond donors (Lipinski definition) is 0. The van der Waals surface area contributed by atoms with Crippen molar-refractivity contribution in [3.63, 3.8) is 0 Å². The minimum absolute atomic E-state index is 0.146. The smallest absolute Gasteiger partial charge is 0.325 e. The number of carbonyl (C=O) groups is 1. The fraction of sp³-hybridized carbons (Fsp3) is 0.133. The first-order valence-corrected chi connectivity index (χ1v) is 7.59. The van der Waals surface area contributed by atoms with E-state index >= 15 is 0 Å². The lowest BCUT2D eigenvalue weighted by Gasteiger charge is -2.02. The summed E-state index contributed by atoms with van der Waals surface area (Å²) in [5, 5.41) is 0.656. The zero-order chi connectivity index (χ0) is 15.7. The molecule has 3 aromatic rings. The maximum Gasteiger partial charge on any atom is 0.325 e. The van der Waals surface area contributed by atoms with Crippen LogP contribution in [0.1, 0.15) is 0 Å². The van der Waals surface area contributed by atoms with Crippen LogP contribution in [-0.2, 0) is 16.1 Å². The molecule has 1 aromatic carbocycles. The average Bonchev–Trinajstić information content (AvgIpc) is 2.95. The van der Waals surface area contributed by atoms with Gasteiger partial charge in [-0.25, -0.2) is 4.98 Å². The molecule has 0 unspecified atom stereocenters. The molecule has 0 aliphatic heterocycles. The summed E-state index contributed by atoms with van der Waals surface area (Å²) in [6.07, 6.45) is 1.36. The molecule has 0 bridgehead atoms. The van der Waals surface area contributed by atoms with Crippen LogP contribution >= 0.6 is 22.9 Å². The molecular formula is C15H11ClN2O3S. The van der Waals surface area contributed by atoms with Crippen molar-refractivity contribution in [2.24, 2.45) is 0 Å². The topological polar surface area (TPSA) is 61.2 Å². The minimum atomic E-state index is -0.488. The molecule has 0 atom stereocenters. The van der Waals surface area contributed by atoms with Gasteiger partial charge in [-0.1, -0.05) is 23.7 Å². The van der Waals surface area contributed by atoms with E-state index in [2.05, 4.69) is 9.72 Å². The number of carbonyl (C=O) groups excluding carboxylic acids is 1. The first-order chi connectivity index (χ1) is 10.6. The first-order valence-electron chi connectivity index (χ1n) is 6.40. The Kier molecular flexibility index (Phi) is 3.96. The standard InChI is InChI=1S/C15H11ClN2O3S/c1-21-13(19)7-18-8-17-11-6-12(22-14(11)15(18)20)9-2-4-10(16)5-3-9/h2-6,8H,7H2,1H3. The quantitative estimate of drug-likeness (QED) is 0.691. The number of methoxy groups -OCH3 is 1. The van der Waals surface area contributed by atoms with E-state index in [9.17, 15) is 9.59 Å². The number of hydrogen-bond acceptors (Lipinski definition) is 5. The van der Waals surface area contributed by atoms with Crippen molar-refractivity contribution in [1.82, 2.24) is 9.55 Å². The highest BCUT2D eigenvalue weighted by molar-refractivity contribution is 7.22. The average molecular weight is 335 g/mol. The van der Waals surface area contributed by atoms with Crippen LogP contribution in [0.25, 0.3) is 20.7 Å². The molecule has 5 nitrogen and oxygen atoms in total. The van der Waals surface area contributed by atoms with Gasteiger partial charge >= 0.3 is 5.97 Å². The van der Waals surface area contributed by atoms with Crippen LogP contribution in [0.5, 0.6) is 0 Å². The summed E-state index contributed by atoms with van der Waals surface area (Å²) in [6, 6.07) is 9.22. The van der Waals surface area contributed by atoms with Crippen molar-refractivity contribution in [2.75, 3.05) is 7.11 Å². The van der Waals surface area contributed by atoms with Gasteiger partial charge in [-0.05, 0) is 23.8 Å². The lowest BCUT2D eigenvalue weighted by atomic mass is 10.2. The van der Waals surface area contributed by atoms with Crippen LogP contribution in [0.4, 0.5) is 0 Å². The largest absolute Gasteiger partial charge is 0.468 e. The molecule has 7 heteroatoms. The fourth-order valence-corrected chi connectivity index (χ4v) is 3.21. The number of ether oxygens (including phenoxy) is 1. The molecule has 0 spiro atoms. The maximum atomic E-state index is 12.4. The number of fused-ring (bicyclic) bond motifs is 1. The molecule has 0 radical (unpaired) electrons. The lowest BCUT2D eigenvalue weighted by molar-refractivity contribution is -0.141. The molecule has 0 amide bonds. The van der Waals surface area contributed by atoms with Crippen LogP contribution in [0.2, 0.25) is 5.02 Å². The summed E-state index contributed by atoms with van der Waals surface area (Å²) in [7, 11) is 1.28. The van der Waals surface area contributed by atoms with E-state index in [1.54, 1.807) is 12.1 Å². The van der Waals surface area contributed by atoms with Crippen molar-refractivity contribution < 1.29 is 9.53 Å². The van der Waals surface area contributed by atoms with Crippen LogP contribution < -0.4 is 5.56 Å². The molecule has 112 valence electrons. The van der Waals surface area contributed by atoms with Crippen molar-refractivity contribution >= 4 is 39.1 Å². The molecule has 22 heavy (non-hydrogen) atoms. The highest BCUT2D eigenvalue weighted by Gasteiger charge is 2.12. The molecule has 2 heterocycles. The SMILES string of the molecule is COC(=O)Cn1cnc2cc(-c3ccc(Cl)cc3)sc2c1=O. The second kappa shape index (κ2) is 5.90. The van der Waals surface area contributed by atoms with E-state index in [4.69, 9.17) is 11.6 Å². The van der Waals surface area contributed by atoms with Crippen LogP contribution in [0.3, 0.4) is 0 Å². The molecule has 0 aliphatic carbocycles. The third-order valence-electron chi connectivity index (χ3n) is 3.16. The highest BCUT2D eigenvalue weighted by Crippen LogP contribution is 2.31. The number of aromatic nitrogens is 2. The van der Waals surface area contributed by atoms with Crippen LogP contribution in [0, 0.1) is 0 Å². The highest BCUT2D eigenvalue weighted by atomic mass is 35.5. The zero-order valence-corrected chi connectivity index (χ0v) is 13.1. The van der Waals surface area contributed by atoms with Crippen LogP contribution in [0.15, 0.2) is 41.5 Å². The fourth-order valence-electron chi connectivity index (χ4n) is 2.02. The number of esters is 1. The van der Waals surface area contributed by atoms with Gasteiger partial charge < -0.3 is 4.74 Å². The van der Waals surface area contributed by atoms with Crippen molar-refractivity contribution in [2.45, 2.75) is 6.54 Å².